The van der Waals surface area contributed by atoms with Crippen LogP contribution in [0.1, 0.15) is 20.8 Å². The fourth-order valence-corrected chi connectivity index (χ4v) is 1.22. The minimum atomic E-state index is 0.390. The Balaban J connectivity index is 2.32. The van der Waals surface area contributed by atoms with Gasteiger partial charge in [0.15, 0.2) is 0 Å². The van der Waals surface area contributed by atoms with Crippen molar-refractivity contribution < 1.29 is 4.74 Å². The average molecular weight is 143 g/mol. The molecule has 0 aliphatic carbocycles. The molecule has 0 aromatic carbocycles. The van der Waals surface area contributed by atoms with Crippen molar-refractivity contribution in [3.05, 3.63) is 0 Å². The van der Waals surface area contributed by atoms with Crippen LogP contribution in [0.2, 0.25) is 0 Å². The van der Waals surface area contributed by atoms with E-state index in [0.29, 0.717) is 18.1 Å². The molecule has 1 heterocycles. The number of nitrogens with one attached hydrogen (secondary N) is 1. The molecule has 0 aromatic rings. The van der Waals surface area contributed by atoms with Crippen molar-refractivity contribution in [3.63, 3.8) is 0 Å². The second-order valence-corrected chi connectivity index (χ2v) is 3.39. The van der Waals surface area contributed by atoms with E-state index in [4.69, 9.17) is 4.74 Å². The molecular formula is C8H17NO. The fourth-order valence-electron chi connectivity index (χ4n) is 1.22. The Hall–Kier alpha value is -0.0800. The van der Waals surface area contributed by atoms with Crippen LogP contribution in [0.3, 0.4) is 0 Å². The molecule has 2 heteroatoms. The van der Waals surface area contributed by atoms with Crippen LogP contribution in [0, 0.1) is 5.92 Å². The fraction of sp³-hybridized carbons (Fsp3) is 1.00. The molecule has 0 radical (unpaired) electrons. The number of rotatable bonds is 1. The summed E-state index contributed by atoms with van der Waals surface area (Å²) in [6.45, 7) is 8.53. The summed E-state index contributed by atoms with van der Waals surface area (Å²) < 4.78 is 5.69. The van der Waals surface area contributed by atoms with Crippen LogP contribution in [0.5, 0.6) is 0 Å². The van der Waals surface area contributed by atoms with Crippen molar-refractivity contribution in [3.8, 4) is 0 Å². The smallest absolute Gasteiger partial charge is 0.0726 e. The van der Waals surface area contributed by atoms with E-state index < -0.39 is 0 Å². The highest BCUT2D eigenvalue weighted by Crippen LogP contribution is 2.11. The summed E-state index contributed by atoms with van der Waals surface area (Å²) in [4.78, 5) is 0. The molecule has 1 aliphatic heterocycles. The molecule has 1 N–H and O–H groups in total. The minimum Gasteiger partial charge on any atom is -0.372 e. The Bertz CT molecular complexity index is 103. The quantitative estimate of drug-likeness (QED) is 0.591. The molecule has 0 aromatic heterocycles. The maximum absolute atomic E-state index is 5.69. The normalized spacial score (nSPS) is 34.8. The molecule has 60 valence electrons. The second-order valence-electron chi connectivity index (χ2n) is 3.39. The second kappa shape index (κ2) is 3.35. The highest BCUT2D eigenvalue weighted by Gasteiger charge is 2.20. The number of hydrogen-bond acceptors (Lipinski definition) is 2. The molecule has 2 atom stereocenters. The lowest BCUT2D eigenvalue weighted by Crippen LogP contribution is -2.45. The van der Waals surface area contributed by atoms with Crippen molar-refractivity contribution in [2.45, 2.75) is 33.0 Å². The molecule has 0 spiro atoms. The molecule has 1 saturated heterocycles. The van der Waals surface area contributed by atoms with E-state index in [1.165, 1.54) is 0 Å². The Morgan fingerprint density at radius 1 is 1.40 bits per heavy atom. The molecule has 1 fully saturated rings. The number of morpholine rings is 1. The molecule has 0 bridgehead atoms. The largest absolute Gasteiger partial charge is 0.372 e. The van der Waals surface area contributed by atoms with Crippen molar-refractivity contribution in [1.29, 1.82) is 0 Å². The summed E-state index contributed by atoms with van der Waals surface area (Å²) in [5.74, 6) is 0.634. The molecule has 2 unspecified atom stereocenters. The predicted molar refractivity (Wildman–Crippen MR) is 42.0 cm³/mol. The predicted octanol–water partition coefficient (Wildman–Crippen LogP) is 1.02. The SMILES string of the molecule is CC1CNCC(C(C)C)O1. The van der Waals surface area contributed by atoms with Gasteiger partial charge in [0.1, 0.15) is 0 Å². The first-order chi connectivity index (χ1) is 4.70. The van der Waals surface area contributed by atoms with Gasteiger partial charge in [0.05, 0.1) is 12.2 Å². The first-order valence-electron chi connectivity index (χ1n) is 4.06. The van der Waals surface area contributed by atoms with Gasteiger partial charge in [0.2, 0.25) is 0 Å². The zero-order chi connectivity index (χ0) is 7.56. The lowest BCUT2D eigenvalue weighted by molar-refractivity contribution is -0.0494. The van der Waals surface area contributed by atoms with Gasteiger partial charge in [-0.05, 0) is 12.8 Å². The molecule has 10 heavy (non-hydrogen) atoms. The van der Waals surface area contributed by atoms with Crippen LogP contribution >= 0.6 is 0 Å². The Morgan fingerprint density at radius 2 is 2.10 bits per heavy atom. The maximum Gasteiger partial charge on any atom is 0.0726 e. The molecule has 2 nitrogen and oxygen atoms in total. The standard InChI is InChI=1S/C8H17NO/c1-6(2)8-5-9-4-7(3)10-8/h6-9H,4-5H2,1-3H3. The van der Waals surface area contributed by atoms with Gasteiger partial charge in [0, 0.05) is 13.1 Å². The highest BCUT2D eigenvalue weighted by molar-refractivity contribution is 4.73. The van der Waals surface area contributed by atoms with Crippen molar-refractivity contribution >= 4 is 0 Å². The van der Waals surface area contributed by atoms with E-state index in [-0.39, 0.29) is 0 Å². The van der Waals surface area contributed by atoms with Gasteiger partial charge in [-0.15, -0.1) is 0 Å². The number of hydrogen-bond donors (Lipinski definition) is 1. The summed E-state index contributed by atoms with van der Waals surface area (Å²) >= 11 is 0. The summed E-state index contributed by atoms with van der Waals surface area (Å²) in [5, 5.41) is 3.34. The summed E-state index contributed by atoms with van der Waals surface area (Å²) in [6.07, 6.45) is 0.810. The number of ether oxygens (including phenoxy) is 1. The van der Waals surface area contributed by atoms with Crippen LogP contribution in [0.4, 0.5) is 0 Å². The van der Waals surface area contributed by atoms with Crippen LogP contribution < -0.4 is 5.32 Å². The van der Waals surface area contributed by atoms with Gasteiger partial charge in [-0.1, -0.05) is 13.8 Å². The third-order valence-electron chi connectivity index (χ3n) is 1.93. The van der Waals surface area contributed by atoms with E-state index >= 15 is 0 Å². The van der Waals surface area contributed by atoms with Gasteiger partial charge >= 0.3 is 0 Å². The first-order valence-corrected chi connectivity index (χ1v) is 4.06. The lowest BCUT2D eigenvalue weighted by atomic mass is 10.1. The summed E-state index contributed by atoms with van der Waals surface area (Å²) in [6, 6.07) is 0. The topological polar surface area (TPSA) is 21.3 Å². The third kappa shape index (κ3) is 1.96. The zero-order valence-corrected chi connectivity index (χ0v) is 7.05. The van der Waals surface area contributed by atoms with Gasteiger partial charge in [-0.25, -0.2) is 0 Å². The Labute approximate surface area is 63.0 Å². The molecule has 0 amide bonds. The first kappa shape index (κ1) is 8.02. The zero-order valence-electron chi connectivity index (χ0n) is 7.05. The van der Waals surface area contributed by atoms with E-state index in [2.05, 4.69) is 26.1 Å². The molecule has 1 aliphatic rings. The third-order valence-corrected chi connectivity index (χ3v) is 1.93. The maximum atomic E-state index is 5.69. The molecule has 1 rings (SSSR count). The minimum absolute atomic E-state index is 0.390. The summed E-state index contributed by atoms with van der Waals surface area (Å²) in [7, 11) is 0. The van der Waals surface area contributed by atoms with E-state index in [9.17, 15) is 0 Å². The Kier molecular flexibility index (Phi) is 2.69. The van der Waals surface area contributed by atoms with Crippen LogP contribution in [0.25, 0.3) is 0 Å². The van der Waals surface area contributed by atoms with Crippen LogP contribution in [-0.4, -0.2) is 25.3 Å². The molecule has 0 saturated carbocycles. The van der Waals surface area contributed by atoms with Gasteiger partial charge < -0.3 is 10.1 Å². The van der Waals surface area contributed by atoms with E-state index in [1.54, 1.807) is 0 Å². The Morgan fingerprint density at radius 3 is 2.50 bits per heavy atom. The van der Waals surface area contributed by atoms with Crippen molar-refractivity contribution in [1.82, 2.24) is 5.32 Å². The van der Waals surface area contributed by atoms with Gasteiger partial charge in [0.25, 0.3) is 0 Å². The van der Waals surface area contributed by atoms with Gasteiger partial charge in [-0.3, -0.25) is 0 Å². The van der Waals surface area contributed by atoms with Crippen LogP contribution in [-0.2, 0) is 4.74 Å². The monoisotopic (exact) mass is 143 g/mol. The van der Waals surface area contributed by atoms with Gasteiger partial charge in [-0.2, -0.15) is 0 Å². The van der Waals surface area contributed by atoms with E-state index in [0.717, 1.165) is 13.1 Å². The average Bonchev–Trinajstić information content (AvgIpc) is 1.88. The van der Waals surface area contributed by atoms with Crippen molar-refractivity contribution in [2.75, 3.05) is 13.1 Å². The highest BCUT2D eigenvalue weighted by atomic mass is 16.5. The lowest BCUT2D eigenvalue weighted by Gasteiger charge is -2.31. The van der Waals surface area contributed by atoms with E-state index in [1.807, 2.05) is 0 Å². The molecular weight excluding hydrogens is 126 g/mol. The summed E-state index contributed by atoms with van der Waals surface area (Å²) in [5.41, 5.74) is 0. The van der Waals surface area contributed by atoms with Crippen molar-refractivity contribution in [2.24, 2.45) is 5.92 Å². The van der Waals surface area contributed by atoms with Crippen LogP contribution in [0.15, 0.2) is 0 Å².